The summed E-state index contributed by atoms with van der Waals surface area (Å²) in [7, 11) is 1.89. The maximum atomic E-state index is 5.65. The number of hydrogen-bond acceptors (Lipinski definition) is 4. The topological polar surface area (TPSA) is 52.0 Å². The van der Waals surface area contributed by atoms with Gasteiger partial charge in [-0.1, -0.05) is 22.0 Å². The number of rotatable bonds is 6. The van der Waals surface area contributed by atoms with Crippen molar-refractivity contribution in [1.82, 2.24) is 20.1 Å². The van der Waals surface area contributed by atoms with Crippen molar-refractivity contribution in [3.8, 4) is 5.75 Å². The molecule has 0 aliphatic heterocycles. The quantitative estimate of drug-likeness (QED) is 0.884. The van der Waals surface area contributed by atoms with Crippen LogP contribution in [0.2, 0.25) is 0 Å². The molecule has 0 radical (unpaired) electrons. The third-order valence-electron chi connectivity index (χ3n) is 2.40. The van der Waals surface area contributed by atoms with Crippen LogP contribution in [0, 0.1) is 0 Å². The highest BCUT2D eigenvalue weighted by Gasteiger charge is 2.03. The van der Waals surface area contributed by atoms with Crippen LogP contribution in [0.1, 0.15) is 5.82 Å². The molecule has 0 atom stereocenters. The molecule has 2 aromatic rings. The number of nitrogens with zero attached hydrogens (tertiary/aromatic N) is 3. The van der Waals surface area contributed by atoms with Gasteiger partial charge in [-0.15, -0.1) is 0 Å². The number of hydrogen-bond donors (Lipinski definition) is 1. The minimum Gasteiger partial charge on any atom is -0.492 e. The molecular weight excluding hydrogens is 296 g/mol. The Balaban J connectivity index is 1.86. The van der Waals surface area contributed by atoms with Crippen LogP contribution >= 0.6 is 15.9 Å². The van der Waals surface area contributed by atoms with E-state index in [0.29, 0.717) is 19.7 Å². The van der Waals surface area contributed by atoms with Gasteiger partial charge in [0.25, 0.3) is 0 Å². The monoisotopic (exact) mass is 310 g/mol. The van der Waals surface area contributed by atoms with Gasteiger partial charge in [-0.2, -0.15) is 5.10 Å². The van der Waals surface area contributed by atoms with Crippen LogP contribution in [-0.4, -0.2) is 28.4 Å². The van der Waals surface area contributed by atoms with Crippen LogP contribution in [-0.2, 0) is 13.1 Å². The number of ether oxygens (including phenoxy) is 1. The summed E-state index contributed by atoms with van der Waals surface area (Å²) in [5.41, 5.74) is 0. The molecule has 0 unspecified atom stereocenters. The summed E-state index contributed by atoms with van der Waals surface area (Å²) in [5.74, 6) is 1.76. The second-order valence-corrected chi connectivity index (χ2v) is 4.65. The second kappa shape index (κ2) is 6.51. The fraction of sp³-hybridized carbons (Fsp3) is 0.333. The first-order valence-electron chi connectivity index (χ1n) is 5.69. The predicted octanol–water partition coefficient (Wildman–Crippen LogP) is 1.84. The summed E-state index contributed by atoms with van der Waals surface area (Å²) < 4.78 is 8.51. The summed E-state index contributed by atoms with van der Waals surface area (Å²) in [6.07, 6.45) is 1.56. The highest BCUT2D eigenvalue weighted by molar-refractivity contribution is 9.10. The Morgan fingerprint density at radius 1 is 1.44 bits per heavy atom. The van der Waals surface area contributed by atoms with Crippen molar-refractivity contribution in [2.45, 2.75) is 13.1 Å². The smallest absolute Gasteiger partial charge is 0.140 e. The van der Waals surface area contributed by atoms with Gasteiger partial charge in [-0.3, -0.25) is 0 Å². The van der Waals surface area contributed by atoms with Crippen molar-refractivity contribution in [1.29, 1.82) is 0 Å². The molecule has 0 saturated carbocycles. The zero-order chi connectivity index (χ0) is 12.8. The van der Waals surface area contributed by atoms with Gasteiger partial charge in [0.1, 0.15) is 24.5 Å². The first-order chi connectivity index (χ1) is 8.79. The van der Waals surface area contributed by atoms with Gasteiger partial charge in [0.05, 0.1) is 13.1 Å². The fourth-order valence-corrected chi connectivity index (χ4v) is 1.95. The lowest BCUT2D eigenvalue weighted by Crippen LogP contribution is -2.16. The Hall–Kier alpha value is -1.40. The van der Waals surface area contributed by atoms with Crippen molar-refractivity contribution in [3.63, 3.8) is 0 Å². The van der Waals surface area contributed by atoms with Crippen LogP contribution in [0.5, 0.6) is 5.75 Å². The van der Waals surface area contributed by atoms with Crippen molar-refractivity contribution in [2.75, 3.05) is 13.7 Å². The normalized spacial score (nSPS) is 10.6. The SMILES string of the molecule is CNCc1ncnn1CCOc1cccc(Br)c1. The molecule has 0 bridgehead atoms. The highest BCUT2D eigenvalue weighted by Crippen LogP contribution is 2.17. The molecule has 5 nitrogen and oxygen atoms in total. The van der Waals surface area contributed by atoms with E-state index in [4.69, 9.17) is 4.74 Å². The molecule has 0 spiro atoms. The van der Waals surface area contributed by atoms with E-state index in [2.05, 4.69) is 31.3 Å². The zero-order valence-electron chi connectivity index (χ0n) is 10.1. The maximum Gasteiger partial charge on any atom is 0.140 e. The molecular formula is C12H15BrN4O. The van der Waals surface area contributed by atoms with Gasteiger partial charge in [0, 0.05) is 4.47 Å². The number of nitrogens with one attached hydrogen (secondary N) is 1. The lowest BCUT2D eigenvalue weighted by molar-refractivity contribution is 0.288. The van der Waals surface area contributed by atoms with Crippen LogP contribution in [0.4, 0.5) is 0 Å². The van der Waals surface area contributed by atoms with Crippen molar-refractivity contribution < 1.29 is 4.74 Å². The molecule has 96 valence electrons. The van der Waals surface area contributed by atoms with E-state index < -0.39 is 0 Å². The summed E-state index contributed by atoms with van der Waals surface area (Å²) in [5, 5.41) is 7.22. The van der Waals surface area contributed by atoms with Crippen molar-refractivity contribution in [3.05, 3.63) is 40.9 Å². The minimum atomic E-state index is 0.566. The van der Waals surface area contributed by atoms with Crippen molar-refractivity contribution in [2.24, 2.45) is 0 Å². The molecule has 0 saturated heterocycles. The standard InChI is InChI=1S/C12H15BrN4O/c1-14-8-12-15-9-16-17(12)5-6-18-11-4-2-3-10(13)7-11/h2-4,7,9,14H,5-6,8H2,1H3. The first kappa shape index (κ1) is 13.0. The molecule has 0 fully saturated rings. The predicted molar refractivity (Wildman–Crippen MR) is 72.4 cm³/mol. The average molecular weight is 311 g/mol. The van der Waals surface area contributed by atoms with Crippen LogP contribution in [0.15, 0.2) is 35.1 Å². The molecule has 6 heteroatoms. The van der Waals surface area contributed by atoms with Gasteiger partial charge in [-0.25, -0.2) is 9.67 Å². The van der Waals surface area contributed by atoms with Crippen LogP contribution < -0.4 is 10.1 Å². The molecule has 2 rings (SSSR count). The van der Waals surface area contributed by atoms with Gasteiger partial charge in [0.15, 0.2) is 0 Å². The van der Waals surface area contributed by atoms with Gasteiger partial charge in [-0.05, 0) is 25.2 Å². The Morgan fingerprint density at radius 2 is 2.33 bits per heavy atom. The largest absolute Gasteiger partial charge is 0.492 e. The maximum absolute atomic E-state index is 5.65. The molecule has 18 heavy (non-hydrogen) atoms. The first-order valence-corrected chi connectivity index (χ1v) is 6.48. The lowest BCUT2D eigenvalue weighted by atomic mass is 10.3. The highest BCUT2D eigenvalue weighted by atomic mass is 79.9. The number of benzene rings is 1. The molecule has 1 heterocycles. The van der Waals surface area contributed by atoms with E-state index in [-0.39, 0.29) is 0 Å². The van der Waals surface area contributed by atoms with Gasteiger partial charge in [0.2, 0.25) is 0 Å². The van der Waals surface area contributed by atoms with E-state index in [1.165, 1.54) is 0 Å². The van der Waals surface area contributed by atoms with Crippen LogP contribution in [0.3, 0.4) is 0 Å². The Labute approximate surface area is 114 Å². The molecule has 1 aromatic heterocycles. The van der Waals surface area contributed by atoms with Crippen molar-refractivity contribution >= 4 is 15.9 Å². The van der Waals surface area contributed by atoms with Crippen LogP contribution in [0.25, 0.3) is 0 Å². The second-order valence-electron chi connectivity index (χ2n) is 3.74. The molecule has 0 aliphatic rings. The lowest BCUT2D eigenvalue weighted by Gasteiger charge is -2.08. The third-order valence-corrected chi connectivity index (χ3v) is 2.89. The van der Waals surface area contributed by atoms with E-state index in [0.717, 1.165) is 16.0 Å². The fourth-order valence-electron chi connectivity index (χ4n) is 1.58. The molecule has 1 aromatic carbocycles. The molecule has 0 aliphatic carbocycles. The number of halogens is 1. The van der Waals surface area contributed by atoms with Gasteiger partial charge < -0.3 is 10.1 Å². The van der Waals surface area contributed by atoms with E-state index in [1.807, 2.05) is 36.0 Å². The Kier molecular flexibility index (Phi) is 4.72. The zero-order valence-corrected chi connectivity index (χ0v) is 11.7. The minimum absolute atomic E-state index is 0.566. The average Bonchev–Trinajstić information content (AvgIpc) is 2.78. The summed E-state index contributed by atoms with van der Waals surface area (Å²) >= 11 is 3.41. The van der Waals surface area contributed by atoms with Gasteiger partial charge >= 0.3 is 0 Å². The number of aromatic nitrogens is 3. The summed E-state index contributed by atoms with van der Waals surface area (Å²) in [4.78, 5) is 4.17. The molecule has 0 amide bonds. The van der Waals surface area contributed by atoms with E-state index in [1.54, 1.807) is 6.33 Å². The molecule has 1 N–H and O–H groups in total. The Bertz CT molecular complexity index is 500. The Morgan fingerprint density at radius 3 is 3.11 bits per heavy atom. The van der Waals surface area contributed by atoms with E-state index in [9.17, 15) is 0 Å². The third kappa shape index (κ3) is 3.54. The van der Waals surface area contributed by atoms with E-state index >= 15 is 0 Å². The summed E-state index contributed by atoms with van der Waals surface area (Å²) in [6, 6.07) is 7.78. The summed E-state index contributed by atoms with van der Waals surface area (Å²) in [6.45, 7) is 1.96.